The number of fused-ring (bicyclic) bond motifs is 1. The maximum absolute atomic E-state index is 12.3. The van der Waals surface area contributed by atoms with Crippen LogP contribution < -0.4 is 5.73 Å². The van der Waals surface area contributed by atoms with E-state index in [0.717, 1.165) is 25.9 Å². The van der Waals surface area contributed by atoms with Crippen molar-refractivity contribution in [3.05, 3.63) is 35.4 Å². The Bertz CT molecular complexity index is 403. The molecule has 1 atom stereocenters. The van der Waals surface area contributed by atoms with Gasteiger partial charge in [0, 0.05) is 13.1 Å². The van der Waals surface area contributed by atoms with E-state index in [1.807, 2.05) is 24.0 Å². The van der Waals surface area contributed by atoms with E-state index in [9.17, 15) is 4.79 Å². The Kier molecular flexibility index (Phi) is 3.79. The van der Waals surface area contributed by atoms with Crippen molar-refractivity contribution in [2.24, 2.45) is 5.73 Å². The molecule has 1 unspecified atom stereocenters. The maximum Gasteiger partial charge on any atom is 0.230 e. The van der Waals surface area contributed by atoms with Crippen molar-refractivity contribution in [2.45, 2.75) is 25.7 Å². The summed E-state index contributed by atoms with van der Waals surface area (Å²) < 4.78 is 0. The Morgan fingerprint density at radius 1 is 1.47 bits per heavy atom. The van der Waals surface area contributed by atoms with Gasteiger partial charge in [-0.1, -0.05) is 24.3 Å². The molecule has 3 heteroatoms. The van der Waals surface area contributed by atoms with E-state index in [1.165, 1.54) is 11.1 Å². The fourth-order valence-electron chi connectivity index (χ4n) is 2.41. The van der Waals surface area contributed by atoms with Crippen LogP contribution >= 0.6 is 0 Å². The van der Waals surface area contributed by atoms with Crippen LogP contribution in [0.25, 0.3) is 0 Å². The maximum atomic E-state index is 12.3. The summed E-state index contributed by atoms with van der Waals surface area (Å²) in [5.41, 5.74) is 8.02. The van der Waals surface area contributed by atoms with E-state index < -0.39 is 0 Å². The highest BCUT2D eigenvalue weighted by molar-refractivity contribution is 5.86. The molecule has 0 aromatic heterocycles. The minimum absolute atomic E-state index is 0.0870. The Hall–Kier alpha value is -1.35. The first-order chi connectivity index (χ1) is 8.27. The fourth-order valence-corrected chi connectivity index (χ4v) is 2.41. The lowest BCUT2D eigenvalue weighted by atomic mass is 9.77. The minimum atomic E-state index is 0.0870. The highest BCUT2D eigenvalue weighted by Gasteiger charge is 2.33. The summed E-state index contributed by atoms with van der Waals surface area (Å²) in [7, 11) is 0. The lowest BCUT2D eigenvalue weighted by Crippen LogP contribution is -2.40. The third-order valence-electron chi connectivity index (χ3n) is 3.48. The SMILES string of the molecule is CCN(CCCN)C(=O)C1Cc2ccccc21. The number of carbonyl (C=O) groups is 1. The Morgan fingerprint density at radius 3 is 2.88 bits per heavy atom. The number of nitrogens with two attached hydrogens (primary N) is 1. The van der Waals surface area contributed by atoms with E-state index in [1.54, 1.807) is 0 Å². The van der Waals surface area contributed by atoms with Crippen molar-refractivity contribution >= 4 is 5.91 Å². The molecule has 1 amide bonds. The van der Waals surface area contributed by atoms with Crippen LogP contribution in [-0.2, 0) is 11.2 Å². The summed E-state index contributed by atoms with van der Waals surface area (Å²) in [6, 6.07) is 8.22. The molecule has 92 valence electrons. The summed E-state index contributed by atoms with van der Waals surface area (Å²) in [6.45, 7) is 4.23. The predicted octanol–water partition coefficient (Wildman–Crippen LogP) is 1.52. The van der Waals surface area contributed by atoms with Gasteiger partial charge in [0.25, 0.3) is 0 Å². The molecule has 0 saturated heterocycles. The van der Waals surface area contributed by atoms with E-state index in [2.05, 4.69) is 12.1 Å². The van der Waals surface area contributed by atoms with Crippen molar-refractivity contribution in [3.8, 4) is 0 Å². The number of carbonyl (C=O) groups excluding carboxylic acids is 1. The molecule has 2 N–H and O–H groups in total. The smallest absolute Gasteiger partial charge is 0.230 e. The minimum Gasteiger partial charge on any atom is -0.342 e. The monoisotopic (exact) mass is 232 g/mol. The number of rotatable bonds is 5. The molecule has 0 radical (unpaired) electrons. The second-order valence-electron chi connectivity index (χ2n) is 4.52. The molecule has 1 aliphatic carbocycles. The van der Waals surface area contributed by atoms with E-state index in [4.69, 9.17) is 5.73 Å². The summed E-state index contributed by atoms with van der Waals surface area (Å²) in [5.74, 6) is 0.351. The van der Waals surface area contributed by atoms with Crippen molar-refractivity contribution in [2.75, 3.05) is 19.6 Å². The average Bonchev–Trinajstić information content (AvgIpc) is 2.32. The number of amides is 1. The molecule has 0 heterocycles. The van der Waals surface area contributed by atoms with Gasteiger partial charge in [0.1, 0.15) is 0 Å². The largest absolute Gasteiger partial charge is 0.342 e. The van der Waals surface area contributed by atoms with Gasteiger partial charge in [0.05, 0.1) is 5.92 Å². The van der Waals surface area contributed by atoms with E-state index >= 15 is 0 Å². The van der Waals surface area contributed by atoms with Crippen molar-refractivity contribution in [3.63, 3.8) is 0 Å². The predicted molar refractivity (Wildman–Crippen MR) is 68.8 cm³/mol. The van der Waals surface area contributed by atoms with Crippen molar-refractivity contribution in [1.82, 2.24) is 4.90 Å². The number of nitrogens with zero attached hydrogens (tertiary/aromatic N) is 1. The Labute approximate surface area is 103 Å². The topological polar surface area (TPSA) is 46.3 Å². The lowest BCUT2D eigenvalue weighted by Gasteiger charge is -2.33. The van der Waals surface area contributed by atoms with Crippen LogP contribution in [0.4, 0.5) is 0 Å². The summed E-state index contributed by atoms with van der Waals surface area (Å²) in [4.78, 5) is 14.2. The first kappa shape index (κ1) is 12.1. The van der Waals surface area contributed by atoms with E-state index in [-0.39, 0.29) is 11.8 Å². The van der Waals surface area contributed by atoms with Crippen molar-refractivity contribution < 1.29 is 4.79 Å². The molecular formula is C14H20N2O. The third-order valence-corrected chi connectivity index (χ3v) is 3.48. The highest BCUT2D eigenvalue weighted by atomic mass is 16.2. The van der Waals surface area contributed by atoms with Crippen LogP contribution in [0.3, 0.4) is 0 Å². The second kappa shape index (κ2) is 5.32. The van der Waals surface area contributed by atoms with Gasteiger partial charge >= 0.3 is 0 Å². The fraction of sp³-hybridized carbons (Fsp3) is 0.500. The van der Waals surface area contributed by atoms with Gasteiger partial charge in [-0.25, -0.2) is 0 Å². The van der Waals surface area contributed by atoms with Crippen LogP contribution in [0.15, 0.2) is 24.3 Å². The van der Waals surface area contributed by atoms with Crippen LogP contribution in [0, 0.1) is 0 Å². The first-order valence-electron chi connectivity index (χ1n) is 6.34. The highest BCUT2D eigenvalue weighted by Crippen LogP contribution is 2.36. The standard InChI is InChI=1S/C14H20N2O/c1-2-16(9-5-8-15)14(17)13-10-11-6-3-4-7-12(11)13/h3-4,6-7,13H,2,5,8-10,15H2,1H3. The molecule has 0 saturated carbocycles. The number of benzene rings is 1. The summed E-state index contributed by atoms with van der Waals surface area (Å²) >= 11 is 0. The van der Waals surface area contributed by atoms with Crippen LogP contribution in [0.1, 0.15) is 30.4 Å². The summed E-state index contributed by atoms with van der Waals surface area (Å²) in [6.07, 6.45) is 1.78. The molecular weight excluding hydrogens is 212 g/mol. The van der Waals surface area contributed by atoms with E-state index in [0.29, 0.717) is 6.54 Å². The van der Waals surface area contributed by atoms with Gasteiger partial charge in [0.15, 0.2) is 0 Å². The second-order valence-corrected chi connectivity index (χ2v) is 4.52. The zero-order valence-electron chi connectivity index (χ0n) is 10.4. The molecule has 17 heavy (non-hydrogen) atoms. The molecule has 0 bridgehead atoms. The average molecular weight is 232 g/mol. The molecule has 0 aliphatic heterocycles. The van der Waals surface area contributed by atoms with Gasteiger partial charge in [-0.05, 0) is 37.4 Å². The van der Waals surface area contributed by atoms with Gasteiger partial charge in [0.2, 0.25) is 5.91 Å². The molecule has 2 rings (SSSR count). The van der Waals surface area contributed by atoms with Gasteiger partial charge in [-0.2, -0.15) is 0 Å². The molecule has 1 aliphatic rings. The van der Waals surface area contributed by atoms with Gasteiger partial charge in [-0.15, -0.1) is 0 Å². The molecule has 1 aromatic rings. The molecule has 3 nitrogen and oxygen atoms in total. The lowest BCUT2D eigenvalue weighted by molar-refractivity contribution is -0.133. The zero-order valence-corrected chi connectivity index (χ0v) is 10.4. The molecule has 0 fully saturated rings. The Morgan fingerprint density at radius 2 is 2.24 bits per heavy atom. The number of likely N-dealkylation sites (N-methyl/N-ethyl adjacent to an activating group) is 1. The molecule has 1 aromatic carbocycles. The number of hydrogen-bond donors (Lipinski definition) is 1. The van der Waals surface area contributed by atoms with Gasteiger partial charge < -0.3 is 10.6 Å². The first-order valence-corrected chi connectivity index (χ1v) is 6.34. The molecule has 0 spiro atoms. The zero-order chi connectivity index (χ0) is 12.3. The number of hydrogen-bond acceptors (Lipinski definition) is 2. The summed E-state index contributed by atoms with van der Waals surface area (Å²) in [5, 5.41) is 0. The quantitative estimate of drug-likeness (QED) is 0.836. The third kappa shape index (κ3) is 2.34. The normalized spacial score (nSPS) is 17.2. The Balaban J connectivity index is 2.02. The van der Waals surface area contributed by atoms with Crippen LogP contribution in [0.5, 0.6) is 0 Å². The van der Waals surface area contributed by atoms with Crippen LogP contribution in [-0.4, -0.2) is 30.4 Å². The van der Waals surface area contributed by atoms with Crippen LogP contribution in [0.2, 0.25) is 0 Å². The van der Waals surface area contributed by atoms with Crippen molar-refractivity contribution in [1.29, 1.82) is 0 Å². The van der Waals surface area contributed by atoms with Gasteiger partial charge in [-0.3, -0.25) is 4.79 Å².